The van der Waals surface area contributed by atoms with Gasteiger partial charge in [-0.05, 0) is 62.1 Å². The maximum absolute atomic E-state index is 13.3. The van der Waals surface area contributed by atoms with Crippen molar-refractivity contribution < 1.29 is 18.4 Å². The van der Waals surface area contributed by atoms with Crippen LogP contribution in [0.15, 0.2) is 36.4 Å². The zero-order chi connectivity index (χ0) is 19.6. The van der Waals surface area contributed by atoms with Gasteiger partial charge in [-0.2, -0.15) is 0 Å². The first-order valence-corrected chi connectivity index (χ1v) is 8.77. The van der Waals surface area contributed by atoms with E-state index < -0.39 is 23.7 Å². The molecular formula is C20H21F2N3O2. The summed E-state index contributed by atoms with van der Waals surface area (Å²) in [5, 5.41) is 8.24. The van der Waals surface area contributed by atoms with E-state index in [1.54, 1.807) is 25.1 Å². The molecule has 1 fully saturated rings. The van der Waals surface area contributed by atoms with Gasteiger partial charge in [0.15, 0.2) is 11.6 Å². The van der Waals surface area contributed by atoms with Gasteiger partial charge in [0, 0.05) is 17.3 Å². The first kappa shape index (κ1) is 18.8. The van der Waals surface area contributed by atoms with Crippen LogP contribution in [0.25, 0.3) is 0 Å². The van der Waals surface area contributed by atoms with E-state index >= 15 is 0 Å². The van der Waals surface area contributed by atoms with E-state index in [1.807, 2.05) is 6.92 Å². The van der Waals surface area contributed by atoms with Gasteiger partial charge in [0.2, 0.25) is 5.91 Å². The lowest BCUT2D eigenvalue weighted by Crippen LogP contribution is -2.31. The monoisotopic (exact) mass is 373 g/mol. The molecule has 3 amide bonds. The fraction of sp³-hybridized carbons (Fsp3) is 0.300. The smallest absolute Gasteiger partial charge is 0.319 e. The molecule has 0 saturated heterocycles. The molecule has 0 aromatic heterocycles. The van der Waals surface area contributed by atoms with E-state index in [0.717, 1.165) is 30.5 Å². The van der Waals surface area contributed by atoms with E-state index in [9.17, 15) is 18.4 Å². The Kier molecular flexibility index (Phi) is 5.39. The van der Waals surface area contributed by atoms with Gasteiger partial charge in [-0.25, -0.2) is 13.6 Å². The Morgan fingerprint density at radius 3 is 2.44 bits per heavy atom. The molecule has 0 heterocycles. The van der Waals surface area contributed by atoms with Crippen LogP contribution in [-0.4, -0.2) is 11.9 Å². The fourth-order valence-corrected chi connectivity index (χ4v) is 2.64. The second kappa shape index (κ2) is 7.73. The number of amides is 3. The molecule has 1 saturated carbocycles. The summed E-state index contributed by atoms with van der Waals surface area (Å²) in [6.45, 7) is 3.51. The predicted molar refractivity (Wildman–Crippen MR) is 99.5 cm³/mol. The Hall–Kier alpha value is -2.96. The number of hydrogen-bond donors (Lipinski definition) is 3. The molecular weight excluding hydrogens is 352 g/mol. The number of carbonyl (C=O) groups is 2. The van der Waals surface area contributed by atoms with E-state index in [0.29, 0.717) is 16.9 Å². The second-order valence-electron chi connectivity index (χ2n) is 6.79. The minimum atomic E-state index is -0.962. The third-order valence-electron chi connectivity index (χ3n) is 4.49. The molecule has 1 atom stereocenters. The maximum atomic E-state index is 13.3. The number of benzene rings is 2. The lowest BCUT2D eigenvalue weighted by molar-refractivity contribution is -0.117. The highest BCUT2D eigenvalue weighted by atomic mass is 19.2. The second-order valence-corrected chi connectivity index (χ2v) is 6.79. The number of urea groups is 1. The summed E-state index contributed by atoms with van der Waals surface area (Å²) in [5.41, 5.74) is 2.45. The summed E-state index contributed by atoms with van der Waals surface area (Å²) in [4.78, 5) is 24.2. The topological polar surface area (TPSA) is 70.2 Å². The molecule has 0 radical (unpaired) electrons. The van der Waals surface area contributed by atoms with Crippen molar-refractivity contribution in [1.29, 1.82) is 0 Å². The highest BCUT2D eigenvalue weighted by Gasteiger charge is 2.29. The average molecular weight is 373 g/mol. The molecule has 5 nitrogen and oxygen atoms in total. The fourth-order valence-electron chi connectivity index (χ4n) is 2.64. The van der Waals surface area contributed by atoms with Gasteiger partial charge < -0.3 is 16.0 Å². The molecule has 1 unspecified atom stereocenters. The largest absolute Gasteiger partial charge is 0.331 e. The third kappa shape index (κ3) is 4.81. The molecule has 1 aliphatic rings. The van der Waals surface area contributed by atoms with E-state index in [4.69, 9.17) is 0 Å². The van der Waals surface area contributed by atoms with Crippen LogP contribution in [0.2, 0.25) is 0 Å². The normalized spacial score (nSPS) is 14.4. The SMILES string of the molecule is Cc1ccc(NC(=O)C2CC2)cc1NC(=O)NC(C)c1ccc(F)c(F)c1. The van der Waals surface area contributed by atoms with Crippen LogP contribution in [-0.2, 0) is 4.79 Å². The number of anilines is 2. The summed E-state index contributed by atoms with van der Waals surface area (Å²) in [5.74, 6) is -1.82. The standard InChI is InChI=1S/C20H21F2N3O2/c1-11-3-7-15(24-19(26)13-4-5-13)10-18(11)25-20(27)23-12(2)14-6-8-16(21)17(22)9-14/h3,6-10,12-13H,4-5H2,1-2H3,(H,24,26)(H2,23,25,27). The number of carbonyl (C=O) groups excluding carboxylic acids is 2. The maximum Gasteiger partial charge on any atom is 0.319 e. The molecule has 0 spiro atoms. The van der Waals surface area contributed by atoms with Gasteiger partial charge in [-0.15, -0.1) is 0 Å². The summed E-state index contributed by atoms with van der Waals surface area (Å²) in [6, 6.07) is 7.77. The van der Waals surface area contributed by atoms with Crippen molar-refractivity contribution in [3.8, 4) is 0 Å². The van der Waals surface area contributed by atoms with Crippen molar-refractivity contribution in [2.24, 2.45) is 5.92 Å². The molecule has 7 heteroatoms. The molecule has 142 valence electrons. The minimum Gasteiger partial charge on any atom is -0.331 e. The Bertz CT molecular complexity index is 882. The average Bonchev–Trinajstić information content (AvgIpc) is 3.45. The van der Waals surface area contributed by atoms with Crippen molar-refractivity contribution in [2.75, 3.05) is 10.6 Å². The lowest BCUT2D eigenvalue weighted by atomic mass is 10.1. The molecule has 3 N–H and O–H groups in total. The van der Waals surface area contributed by atoms with Crippen LogP contribution in [0.5, 0.6) is 0 Å². The number of hydrogen-bond acceptors (Lipinski definition) is 2. The Balaban J connectivity index is 1.64. The van der Waals surface area contributed by atoms with Crippen molar-refractivity contribution >= 4 is 23.3 Å². The summed E-state index contributed by atoms with van der Waals surface area (Å²) >= 11 is 0. The predicted octanol–water partition coefficient (Wildman–Crippen LogP) is 4.50. The van der Waals surface area contributed by atoms with E-state index in [2.05, 4.69) is 16.0 Å². The van der Waals surface area contributed by atoms with Crippen LogP contribution in [0.4, 0.5) is 25.0 Å². The van der Waals surface area contributed by atoms with E-state index in [-0.39, 0.29) is 11.8 Å². The lowest BCUT2D eigenvalue weighted by Gasteiger charge is -2.17. The molecule has 3 rings (SSSR count). The first-order chi connectivity index (χ1) is 12.8. The Labute approximate surface area is 156 Å². The molecule has 0 bridgehead atoms. The molecule has 27 heavy (non-hydrogen) atoms. The zero-order valence-electron chi connectivity index (χ0n) is 15.1. The summed E-state index contributed by atoms with van der Waals surface area (Å²) in [7, 11) is 0. The van der Waals surface area contributed by atoms with Crippen LogP contribution < -0.4 is 16.0 Å². The molecule has 2 aromatic rings. The number of aryl methyl sites for hydroxylation is 1. The van der Waals surface area contributed by atoms with Crippen LogP contribution in [0.3, 0.4) is 0 Å². The van der Waals surface area contributed by atoms with Crippen molar-refractivity contribution in [2.45, 2.75) is 32.7 Å². The van der Waals surface area contributed by atoms with Gasteiger partial charge in [-0.3, -0.25) is 4.79 Å². The van der Waals surface area contributed by atoms with Crippen molar-refractivity contribution in [3.05, 3.63) is 59.2 Å². The zero-order valence-corrected chi connectivity index (χ0v) is 15.1. The molecule has 2 aromatic carbocycles. The minimum absolute atomic E-state index is 0.0128. The molecule has 0 aliphatic heterocycles. The Morgan fingerprint density at radius 1 is 1.04 bits per heavy atom. The first-order valence-electron chi connectivity index (χ1n) is 8.77. The van der Waals surface area contributed by atoms with Gasteiger partial charge in [-0.1, -0.05) is 12.1 Å². The van der Waals surface area contributed by atoms with Gasteiger partial charge in [0.05, 0.1) is 6.04 Å². The Morgan fingerprint density at radius 2 is 1.78 bits per heavy atom. The van der Waals surface area contributed by atoms with Crippen molar-refractivity contribution in [3.63, 3.8) is 0 Å². The number of halogens is 2. The van der Waals surface area contributed by atoms with Crippen molar-refractivity contribution in [1.82, 2.24) is 5.32 Å². The highest BCUT2D eigenvalue weighted by Crippen LogP contribution is 2.30. The number of nitrogens with one attached hydrogen (secondary N) is 3. The quantitative estimate of drug-likeness (QED) is 0.722. The van der Waals surface area contributed by atoms with Gasteiger partial charge in [0.25, 0.3) is 0 Å². The summed E-state index contributed by atoms with van der Waals surface area (Å²) in [6.07, 6.45) is 1.82. The van der Waals surface area contributed by atoms with Crippen LogP contribution in [0.1, 0.15) is 36.9 Å². The summed E-state index contributed by atoms with van der Waals surface area (Å²) < 4.78 is 26.4. The number of rotatable bonds is 5. The van der Waals surface area contributed by atoms with E-state index in [1.165, 1.54) is 6.07 Å². The third-order valence-corrected chi connectivity index (χ3v) is 4.49. The highest BCUT2D eigenvalue weighted by molar-refractivity contribution is 5.96. The van der Waals surface area contributed by atoms with Crippen LogP contribution >= 0.6 is 0 Å². The van der Waals surface area contributed by atoms with Crippen LogP contribution in [0, 0.1) is 24.5 Å². The van der Waals surface area contributed by atoms with Gasteiger partial charge in [0.1, 0.15) is 0 Å². The molecule has 1 aliphatic carbocycles. The van der Waals surface area contributed by atoms with Gasteiger partial charge >= 0.3 is 6.03 Å².